The van der Waals surface area contributed by atoms with Gasteiger partial charge >= 0.3 is 0 Å². The van der Waals surface area contributed by atoms with E-state index in [-0.39, 0.29) is 5.78 Å². The molecule has 0 N–H and O–H groups in total. The molecule has 0 bridgehead atoms. The average molecular weight is 226 g/mol. The van der Waals surface area contributed by atoms with Gasteiger partial charge in [-0.3, -0.25) is 4.79 Å². The van der Waals surface area contributed by atoms with E-state index in [2.05, 4.69) is 5.10 Å². The molecule has 0 saturated carbocycles. The number of allylic oxidation sites excluding steroid dienone is 1. The van der Waals surface area contributed by atoms with E-state index in [0.717, 1.165) is 16.8 Å². The smallest absolute Gasteiger partial charge is 0.155 e. The molecule has 0 aliphatic carbocycles. The number of hydrogen-bond acceptors (Lipinski definition) is 2. The Morgan fingerprint density at radius 2 is 1.94 bits per heavy atom. The first kappa shape index (κ1) is 11.3. The molecular formula is C14H14N2O. The predicted octanol–water partition coefficient (Wildman–Crippen LogP) is 2.86. The fourth-order valence-corrected chi connectivity index (χ4v) is 1.50. The van der Waals surface area contributed by atoms with Gasteiger partial charge in [-0.1, -0.05) is 12.1 Å². The van der Waals surface area contributed by atoms with Crippen molar-refractivity contribution in [1.29, 1.82) is 0 Å². The van der Waals surface area contributed by atoms with Crippen molar-refractivity contribution in [3.8, 4) is 5.69 Å². The number of Topliss-reactive ketones (excluding diaryl/α,β-unsaturated/α-hetero) is 1. The number of carbonyl (C=O) groups excluding carboxylic acids is 1. The first-order chi connectivity index (χ1) is 8.16. The summed E-state index contributed by atoms with van der Waals surface area (Å²) in [7, 11) is 0. The average Bonchev–Trinajstić information content (AvgIpc) is 2.83. The van der Waals surface area contributed by atoms with Gasteiger partial charge in [-0.2, -0.15) is 5.10 Å². The van der Waals surface area contributed by atoms with Crippen LogP contribution in [0, 0.1) is 0 Å². The molecule has 1 heterocycles. The Balaban J connectivity index is 2.25. The summed E-state index contributed by atoms with van der Waals surface area (Å²) in [6.07, 6.45) is 5.52. The standard InChI is InChI=1S/C14H14N2O/c1-11(12(2)17)10-13-4-6-14(7-5-13)16-9-3-8-15-16/h3-10H,1-2H3/b11-10+. The Bertz CT molecular complexity index is 536. The zero-order valence-corrected chi connectivity index (χ0v) is 9.92. The van der Waals surface area contributed by atoms with E-state index in [1.54, 1.807) is 17.8 Å². The molecule has 0 atom stereocenters. The summed E-state index contributed by atoms with van der Waals surface area (Å²) in [5.41, 5.74) is 2.79. The molecule has 0 aliphatic heterocycles. The summed E-state index contributed by atoms with van der Waals surface area (Å²) in [6.45, 7) is 3.40. The second-order valence-corrected chi connectivity index (χ2v) is 3.93. The highest BCUT2D eigenvalue weighted by molar-refractivity contribution is 5.97. The van der Waals surface area contributed by atoms with E-state index >= 15 is 0 Å². The van der Waals surface area contributed by atoms with Crippen LogP contribution in [0.3, 0.4) is 0 Å². The minimum Gasteiger partial charge on any atom is -0.295 e. The second-order valence-electron chi connectivity index (χ2n) is 3.93. The molecule has 0 amide bonds. The largest absolute Gasteiger partial charge is 0.295 e. The lowest BCUT2D eigenvalue weighted by Gasteiger charge is -2.02. The van der Waals surface area contributed by atoms with Gasteiger partial charge in [0.25, 0.3) is 0 Å². The van der Waals surface area contributed by atoms with E-state index in [0.29, 0.717) is 0 Å². The van der Waals surface area contributed by atoms with Gasteiger partial charge in [0.1, 0.15) is 0 Å². The lowest BCUT2D eigenvalue weighted by Crippen LogP contribution is -1.94. The van der Waals surface area contributed by atoms with Crippen LogP contribution in [-0.2, 0) is 4.79 Å². The van der Waals surface area contributed by atoms with Crippen molar-refractivity contribution in [2.75, 3.05) is 0 Å². The van der Waals surface area contributed by atoms with Gasteiger partial charge in [-0.25, -0.2) is 4.68 Å². The van der Waals surface area contributed by atoms with Crippen LogP contribution >= 0.6 is 0 Å². The first-order valence-electron chi connectivity index (χ1n) is 5.46. The van der Waals surface area contributed by atoms with E-state index in [9.17, 15) is 4.79 Å². The van der Waals surface area contributed by atoms with Gasteiger partial charge in [-0.05, 0) is 49.3 Å². The lowest BCUT2D eigenvalue weighted by molar-refractivity contribution is -0.113. The number of ketones is 1. The molecule has 1 aromatic carbocycles. The maximum Gasteiger partial charge on any atom is 0.155 e. The zero-order valence-electron chi connectivity index (χ0n) is 9.92. The highest BCUT2D eigenvalue weighted by Crippen LogP contribution is 2.11. The van der Waals surface area contributed by atoms with Crippen LogP contribution in [0.5, 0.6) is 0 Å². The first-order valence-corrected chi connectivity index (χ1v) is 5.46. The molecule has 86 valence electrons. The number of aromatic nitrogens is 2. The van der Waals surface area contributed by atoms with Crippen molar-refractivity contribution >= 4 is 11.9 Å². The fourth-order valence-electron chi connectivity index (χ4n) is 1.50. The molecule has 0 radical (unpaired) electrons. The van der Waals surface area contributed by atoms with E-state index in [1.807, 2.05) is 49.5 Å². The minimum atomic E-state index is 0.0983. The van der Waals surface area contributed by atoms with Crippen molar-refractivity contribution in [2.45, 2.75) is 13.8 Å². The molecule has 1 aromatic heterocycles. The number of benzene rings is 1. The summed E-state index contributed by atoms with van der Waals surface area (Å²) < 4.78 is 1.80. The van der Waals surface area contributed by atoms with Crippen LogP contribution in [0.25, 0.3) is 11.8 Å². The van der Waals surface area contributed by atoms with Crippen molar-refractivity contribution in [3.63, 3.8) is 0 Å². The Labute approximate surface area is 100 Å². The number of carbonyl (C=O) groups is 1. The van der Waals surface area contributed by atoms with Gasteiger partial charge in [0.15, 0.2) is 5.78 Å². The van der Waals surface area contributed by atoms with Crippen LogP contribution < -0.4 is 0 Å². The summed E-state index contributed by atoms with van der Waals surface area (Å²) >= 11 is 0. The molecule has 0 aliphatic rings. The van der Waals surface area contributed by atoms with Crippen LogP contribution in [0.2, 0.25) is 0 Å². The summed E-state index contributed by atoms with van der Waals surface area (Å²) in [5, 5.41) is 4.15. The third-order valence-electron chi connectivity index (χ3n) is 2.60. The van der Waals surface area contributed by atoms with Gasteiger partial charge in [0, 0.05) is 12.4 Å². The summed E-state index contributed by atoms with van der Waals surface area (Å²) in [5.74, 6) is 0.0983. The Morgan fingerprint density at radius 1 is 1.24 bits per heavy atom. The molecule has 0 unspecified atom stereocenters. The normalized spacial score (nSPS) is 11.5. The Kier molecular flexibility index (Phi) is 3.19. The Hall–Kier alpha value is -2.16. The number of rotatable bonds is 3. The maximum atomic E-state index is 11.1. The van der Waals surface area contributed by atoms with Crippen molar-refractivity contribution in [2.24, 2.45) is 0 Å². The molecule has 3 heteroatoms. The molecule has 0 spiro atoms. The third kappa shape index (κ3) is 2.69. The molecule has 2 rings (SSSR count). The predicted molar refractivity (Wildman–Crippen MR) is 67.9 cm³/mol. The Morgan fingerprint density at radius 3 is 2.47 bits per heavy atom. The third-order valence-corrected chi connectivity index (χ3v) is 2.60. The minimum absolute atomic E-state index is 0.0983. The molecule has 17 heavy (non-hydrogen) atoms. The van der Waals surface area contributed by atoms with Crippen molar-refractivity contribution in [3.05, 3.63) is 53.9 Å². The quantitative estimate of drug-likeness (QED) is 0.754. The summed E-state index contributed by atoms with van der Waals surface area (Å²) in [4.78, 5) is 11.1. The van der Waals surface area contributed by atoms with Crippen molar-refractivity contribution in [1.82, 2.24) is 9.78 Å². The van der Waals surface area contributed by atoms with Gasteiger partial charge < -0.3 is 0 Å². The number of hydrogen-bond donors (Lipinski definition) is 0. The monoisotopic (exact) mass is 226 g/mol. The van der Waals surface area contributed by atoms with Gasteiger partial charge in [-0.15, -0.1) is 0 Å². The highest BCUT2D eigenvalue weighted by Gasteiger charge is 1.98. The van der Waals surface area contributed by atoms with Crippen LogP contribution in [0.15, 0.2) is 48.3 Å². The lowest BCUT2D eigenvalue weighted by atomic mass is 10.1. The molecule has 2 aromatic rings. The molecule has 0 saturated heterocycles. The maximum absolute atomic E-state index is 11.1. The van der Waals surface area contributed by atoms with Crippen LogP contribution in [0.4, 0.5) is 0 Å². The fraction of sp³-hybridized carbons (Fsp3) is 0.143. The number of nitrogens with zero attached hydrogens (tertiary/aromatic N) is 2. The highest BCUT2D eigenvalue weighted by atomic mass is 16.1. The van der Waals surface area contributed by atoms with Gasteiger partial charge in [0.05, 0.1) is 5.69 Å². The summed E-state index contributed by atoms with van der Waals surface area (Å²) in [6, 6.07) is 9.79. The molecule has 0 fully saturated rings. The van der Waals surface area contributed by atoms with Crippen molar-refractivity contribution < 1.29 is 4.79 Å². The SMILES string of the molecule is CC(=O)/C(C)=C/c1ccc(-n2cccn2)cc1. The molecule has 3 nitrogen and oxygen atoms in total. The zero-order chi connectivity index (χ0) is 12.3. The van der Waals surface area contributed by atoms with E-state index in [1.165, 1.54) is 0 Å². The van der Waals surface area contributed by atoms with Crippen LogP contribution in [0.1, 0.15) is 19.4 Å². The van der Waals surface area contributed by atoms with E-state index < -0.39 is 0 Å². The van der Waals surface area contributed by atoms with E-state index in [4.69, 9.17) is 0 Å². The van der Waals surface area contributed by atoms with Crippen LogP contribution in [-0.4, -0.2) is 15.6 Å². The topological polar surface area (TPSA) is 34.9 Å². The van der Waals surface area contributed by atoms with Gasteiger partial charge in [0.2, 0.25) is 0 Å². The molecular weight excluding hydrogens is 212 g/mol. The second kappa shape index (κ2) is 4.78.